The van der Waals surface area contributed by atoms with Crippen LogP contribution in [0.1, 0.15) is 13.8 Å². The first-order chi connectivity index (χ1) is 4.04. The standard InChI is InChI=1S/C5H13NO2S/c1-4-6(3)9(7,8)5-2/h4-5H2,1-3H3. The van der Waals surface area contributed by atoms with Crippen LogP contribution in [0.15, 0.2) is 0 Å². The molecule has 0 rings (SSSR count). The third kappa shape index (κ3) is 2.32. The summed E-state index contributed by atoms with van der Waals surface area (Å²) >= 11 is 0. The van der Waals surface area contributed by atoms with Gasteiger partial charge in [-0.05, 0) is 6.92 Å². The molecule has 0 radical (unpaired) electrons. The first kappa shape index (κ1) is 8.91. The van der Waals surface area contributed by atoms with E-state index in [9.17, 15) is 8.42 Å². The molecule has 0 aliphatic carbocycles. The molecule has 0 aliphatic rings. The second kappa shape index (κ2) is 3.17. The highest BCUT2D eigenvalue weighted by Gasteiger charge is 2.11. The first-order valence-electron chi connectivity index (χ1n) is 2.98. The van der Waals surface area contributed by atoms with Crippen LogP contribution in [0.5, 0.6) is 0 Å². The second-order valence-corrected chi connectivity index (χ2v) is 4.18. The fourth-order valence-corrected chi connectivity index (χ4v) is 1.25. The van der Waals surface area contributed by atoms with Crippen molar-refractivity contribution in [1.29, 1.82) is 0 Å². The third-order valence-electron chi connectivity index (χ3n) is 1.28. The van der Waals surface area contributed by atoms with E-state index in [-0.39, 0.29) is 5.75 Å². The van der Waals surface area contributed by atoms with Crippen molar-refractivity contribution in [2.75, 3.05) is 19.3 Å². The molecule has 0 saturated carbocycles. The Morgan fingerprint density at radius 1 is 1.33 bits per heavy atom. The maximum Gasteiger partial charge on any atom is 0.213 e. The predicted molar refractivity (Wildman–Crippen MR) is 37.8 cm³/mol. The molecular formula is C5H13NO2S. The summed E-state index contributed by atoms with van der Waals surface area (Å²) in [6, 6.07) is 0. The highest BCUT2D eigenvalue weighted by molar-refractivity contribution is 7.89. The molecule has 4 heteroatoms. The molecule has 3 nitrogen and oxygen atoms in total. The van der Waals surface area contributed by atoms with Crippen LogP contribution in [0.25, 0.3) is 0 Å². The lowest BCUT2D eigenvalue weighted by molar-refractivity contribution is 0.487. The van der Waals surface area contributed by atoms with Crippen LogP contribution in [0, 0.1) is 0 Å². The van der Waals surface area contributed by atoms with Crippen LogP contribution in [-0.2, 0) is 10.0 Å². The lowest BCUT2D eigenvalue weighted by Crippen LogP contribution is -2.27. The van der Waals surface area contributed by atoms with Crippen molar-refractivity contribution in [3.05, 3.63) is 0 Å². The Balaban J connectivity index is 4.17. The molecule has 9 heavy (non-hydrogen) atoms. The number of nitrogens with zero attached hydrogens (tertiary/aromatic N) is 1. The maximum atomic E-state index is 10.9. The van der Waals surface area contributed by atoms with Crippen molar-refractivity contribution in [1.82, 2.24) is 4.31 Å². The Labute approximate surface area is 56.7 Å². The van der Waals surface area contributed by atoms with Gasteiger partial charge < -0.3 is 0 Å². The van der Waals surface area contributed by atoms with Gasteiger partial charge in [0.15, 0.2) is 0 Å². The quantitative estimate of drug-likeness (QED) is 0.581. The van der Waals surface area contributed by atoms with Gasteiger partial charge in [-0.15, -0.1) is 0 Å². The van der Waals surface area contributed by atoms with Crippen LogP contribution in [0.2, 0.25) is 0 Å². The monoisotopic (exact) mass is 151 g/mol. The van der Waals surface area contributed by atoms with E-state index < -0.39 is 10.0 Å². The van der Waals surface area contributed by atoms with Crippen LogP contribution >= 0.6 is 0 Å². The van der Waals surface area contributed by atoms with Crippen molar-refractivity contribution in [3.8, 4) is 0 Å². The van der Waals surface area contributed by atoms with E-state index >= 15 is 0 Å². The summed E-state index contributed by atoms with van der Waals surface area (Å²) in [4.78, 5) is 0. The van der Waals surface area contributed by atoms with Gasteiger partial charge in [-0.2, -0.15) is 0 Å². The van der Waals surface area contributed by atoms with Gasteiger partial charge in [0.1, 0.15) is 0 Å². The Morgan fingerprint density at radius 2 is 1.78 bits per heavy atom. The Bertz CT molecular complexity index is 162. The number of rotatable bonds is 3. The lowest BCUT2D eigenvalue weighted by atomic mass is 10.8. The first-order valence-corrected chi connectivity index (χ1v) is 4.59. The molecule has 0 unspecified atom stereocenters. The van der Waals surface area contributed by atoms with Gasteiger partial charge >= 0.3 is 0 Å². The summed E-state index contributed by atoms with van der Waals surface area (Å²) in [5.41, 5.74) is 0. The minimum atomic E-state index is -2.91. The topological polar surface area (TPSA) is 37.4 Å². The molecule has 0 aromatic carbocycles. The lowest BCUT2D eigenvalue weighted by Gasteiger charge is -2.11. The van der Waals surface area contributed by atoms with E-state index in [2.05, 4.69) is 0 Å². The van der Waals surface area contributed by atoms with E-state index in [1.165, 1.54) is 4.31 Å². The largest absolute Gasteiger partial charge is 0.213 e. The minimum absolute atomic E-state index is 0.192. The van der Waals surface area contributed by atoms with Crippen LogP contribution in [0.3, 0.4) is 0 Å². The van der Waals surface area contributed by atoms with E-state index in [0.29, 0.717) is 6.54 Å². The van der Waals surface area contributed by atoms with Crippen molar-refractivity contribution in [3.63, 3.8) is 0 Å². The summed E-state index contributed by atoms with van der Waals surface area (Å²) in [7, 11) is -1.33. The van der Waals surface area contributed by atoms with Crippen LogP contribution in [-0.4, -0.2) is 32.1 Å². The van der Waals surface area contributed by atoms with Gasteiger partial charge in [0.05, 0.1) is 5.75 Å². The predicted octanol–water partition coefficient (Wildman–Crippen LogP) is 0.288. The van der Waals surface area contributed by atoms with Crippen LogP contribution in [0.4, 0.5) is 0 Å². The molecule has 0 aromatic heterocycles. The van der Waals surface area contributed by atoms with Gasteiger partial charge in [-0.3, -0.25) is 0 Å². The summed E-state index contributed by atoms with van der Waals surface area (Å²) in [5.74, 6) is 0.192. The number of hydrogen-bond acceptors (Lipinski definition) is 2. The van der Waals surface area contributed by atoms with Gasteiger partial charge in [0.25, 0.3) is 0 Å². The molecule has 56 valence electrons. The van der Waals surface area contributed by atoms with Gasteiger partial charge in [0.2, 0.25) is 10.0 Å². The number of hydrogen-bond donors (Lipinski definition) is 0. The SMILES string of the molecule is CCN(C)S(=O)(=O)CC. The normalized spacial score (nSPS) is 12.4. The Hall–Kier alpha value is -0.0900. The van der Waals surface area contributed by atoms with Crippen molar-refractivity contribution >= 4 is 10.0 Å². The van der Waals surface area contributed by atoms with Gasteiger partial charge in [0, 0.05) is 13.6 Å². The van der Waals surface area contributed by atoms with Crippen molar-refractivity contribution < 1.29 is 8.42 Å². The smallest absolute Gasteiger partial charge is 0.212 e. The van der Waals surface area contributed by atoms with E-state index in [4.69, 9.17) is 0 Å². The average molecular weight is 151 g/mol. The Morgan fingerprint density at radius 3 is 1.89 bits per heavy atom. The number of sulfonamides is 1. The summed E-state index contributed by atoms with van der Waals surface area (Å²) in [6.45, 7) is 4.00. The zero-order valence-electron chi connectivity index (χ0n) is 6.09. The third-order valence-corrected chi connectivity index (χ3v) is 3.22. The molecule has 0 atom stereocenters. The fourth-order valence-electron chi connectivity index (χ4n) is 0.417. The molecule has 0 fully saturated rings. The van der Waals surface area contributed by atoms with E-state index in [1.54, 1.807) is 14.0 Å². The molecule has 0 aliphatic heterocycles. The summed E-state index contributed by atoms with van der Waals surface area (Å²) in [6.07, 6.45) is 0. The molecular weight excluding hydrogens is 138 g/mol. The molecule has 0 spiro atoms. The van der Waals surface area contributed by atoms with Crippen LogP contribution < -0.4 is 0 Å². The second-order valence-electron chi connectivity index (χ2n) is 1.81. The fraction of sp³-hybridized carbons (Fsp3) is 1.00. The molecule has 0 saturated heterocycles. The van der Waals surface area contributed by atoms with Crippen molar-refractivity contribution in [2.45, 2.75) is 13.8 Å². The zero-order valence-corrected chi connectivity index (χ0v) is 6.90. The summed E-state index contributed by atoms with van der Waals surface area (Å²) < 4.78 is 23.1. The molecule has 0 amide bonds. The van der Waals surface area contributed by atoms with Crippen molar-refractivity contribution in [2.24, 2.45) is 0 Å². The van der Waals surface area contributed by atoms with Gasteiger partial charge in [-0.25, -0.2) is 12.7 Å². The van der Waals surface area contributed by atoms with E-state index in [1.807, 2.05) is 6.92 Å². The molecule has 0 aromatic rings. The average Bonchev–Trinajstić information content (AvgIpc) is 1.86. The highest BCUT2D eigenvalue weighted by Crippen LogP contribution is 1.94. The molecule has 0 heterocycles. The zero-order chi connectivity index (χ0) is 7.49. The maximum absolute atomic E-state index is 10.9. The highest BCUT2D eigenvalue weighted by atomic mass is 32.2. The van der Waals surface area contributed by atoms with E-state index in [0.717, 1.165) is 0 Å². The van der Waals surface area contributed by atoms with Gasteiger partial charge in [-0.1, -0.05) is 6.92 Å². The molecule has 0 bridgehead atoms. The minimum Gasteiger partial charge on any atom is -0.212 e. The Kier molecular flexibility index (Phi) is 3.14. The molecule has 0 N–H and O–H groups in total. The summed E-state index contributed by atoms with van der Waals surface area (Å²) in [5, 5.41) is 0.